The van der Waals surface area contributed by atoms with Crippen LogP contribution in [0.2, 0.25) is 0 Å². The number of nitrogens with zero attached hydrogens (tertiary/aromatic N) is 1. The van der Waals surface area contributed by atoms with E-state index in [0.29, 0.717) is 23.7 Å². The molecule has 0 aliphatic rings. The van der Waals surface area contributed by atoms with Gasteiger partial charge in [-0.2, -0.15) is 0 Å². The highest BCUT2D eigenvalue weighted by atomic mass is 16.5. The Morgan fingerprint density at radius 3 is 2.72 bits per heavy atom. The first-order valence-corrected chi connectivity index (χ1v) is 5.77. The van der Waals surface area contributed by atoms with E-state index < -0.39 is 0 Å². The van der Waals surface area contributed by atoms with Gasteiger partial charge in [-0.3, -0.25) is 4.79 Å². The Balaban J connectivity index is 2.25. The number of ether oxygens (including phenoxy) is 1. The fourth-order valence-corrected chi connectivity index (χ4v) is 1.50. The van der Waals surface area contributed by atoms with E-state index in [1.807, 2.05) is 37.3 Å². The molecule has 1 amide bonds. The van der Waals surface area contributed by atoms with E-state index in [-0.39, 0.29) is 5.91 Å². The molecule has 1 heterocycles. The van der Waals surface area contributed by atoms with Gasteiger partial charge in [-0.15, -0.1) is 0 Å². The SMILES string of the molecule is CCNC(=O)c1ncccc1Oc1ccccc1. The molecule has 2 rings (SSSR count). The molecule has 1 N–H and O–H groups in total. The fourth-order valence-electron chi connectivity index (χ4n) is 1.50. The van der Waals surface area contributed by atoms with E-state index in [2.05, 4.69) is 10.3 Å². The molecule has 2 aromatic rings. The van der Waals surface area contributed by atoms with Gasteiger partial charge in [0.1, 0.15) is 5.75 Å². The highest BCUT2D eigenvalue weighted by molar-refractivity contribution is 5.94. The molecule has 0 radical (unpaired) electrons. The molecule has 1 aromatic heterocycles. The minimum absolute atomic E-state index is 0.232. The molecule has 0 unspecified atom stereocenters. The summed E-state index contributed by atoms with van der Waals surface area (Å²) >= 11 is 0. The fraction of sp³-hybridized carbons (Fsp3) is 0.143. The predicted molar refractivity (Wildman–Crippen MR) is 68.8 cm³/mol. The molecule has 4 nitrogen and oxygen atoms in total. The molecule has 18 heavy (non-hydrogen) atoms. The molecule has 0 saturated carbocycles. The van der Waals surface area contributed by atoms with Crippen LogP contribution in [0.5, 0.6) is 11.5 Å². The van der Waals surface area contributed by atoms with Crippen LogP contribution in [0.1, 0.15) is 17.4 Å². The number of pyridine rings is 1. The second-order valence-electron chi connectivity index (χ2n) is 3.62. The summed E-state index contributed by atoms with van der Waals surface area (Å²) in [5.41, 5.74) is 0.295. The van der Waals surface area contributed by atoms with Crippen LogP contribution in [-0.2, 0) is 0 Å². The molecule has 4 heteroatoms. The summed E-state index contributed by atoms with van der Waals surface area (Å²) in [5.74, 6) is 0.898. The summed E-state index contributed by atoms with van der Waals surface area (Å²) in [4.78, 5) is 15.9. The number of para-hydroxylation sites is 1. The number of carbonyl (C=O) groups is 1. The van der Waals surface area contributed by atoms with Crippen molar-refractivity contribution in [2.75, 3.05) is 6.54 Å². The van der Waals surface area contributed by atoms with E-state index in [1.54, 1.807) is 18.3 Å². The van der Waals surface area contributed by atoms with Crippen LogP contribution >= 0.6 is 0 Å². The molecular weight excluding hydrogens is 228 g/mol. The lowest BCUT2D eigenvalue weighted by molar-refractivity contribution is 0.0948. The monoisotopic (exact) mass is 242 g/mol. The summed E-state index contributed by atoms with van der Waals surface area (Å²) in [6, 6.07) is 12.8. The molecule has 0 aliphatic heterocycles. The van der Waals surface area contributed by atoms with Crippen LogP contribution < -0.4 is 10.1 Å². The molecule has 1 aromatic carbocycles. The lowest BCUT2D eigenvalue weighted by Gasteiger charge is -2.09. The number of amides is 1. The van der Waals surface area contributed by atoms with Gasteiger partial charge in [-0.1, -0.05) is 18.2 Å². The Hall–Kier alpha value is -2.36. The maximum atomic E-state index is 11.8. The number of hydrogen-bond donors (Lipinski definition) is 1. The third-order valence-corrected chi connectivity index (χ3v) is 2.29. The Bertz CT molecular complexity index is 526. The van der Waals surface area contributed by atoms with Crippen LogP contribution in [0.4, 0.5) is 0 Å². The maximum Gasteiger partial charge on any atom is 0.273 e. The van der Waals surface area contributed by atoms with E-state index in [1.165, 1.54) is 0 Å². The Kier molecular flexibility index (Phi) is 3.91. The standard InChI is InChI=1S/C14H14N2O2/c1-2-15-14(17)13-12(9-6-10-16-13)18-11-7-4-3-5-8-11/h3-10H,2H2,1H3,(H,15,17). The highest BCUT2D eigenvalue weighted by Crippen LogP contribution is 2.23. The van der Waals surface area contributed by atoms with Crippen molar-refractivity contribution in [3.8, 4) is 11.5 Å². The quantitative estimate of drug-likeness (QED) is 0.896. The van der Waals surface area contributed by atoms with Crippen molar-refractivity contribution in [2.24, 2.45) is 0 Å². The predicted octanol–water partition coefficient (Wildman–Crippen LogP) is 2.62. The van der Waals surface area contributed by atoms with Crippen molar-refractivity contribution < 1.29 is 9.53 Å². The van der Waals surface area contributed by atoms with Crippen LogP contribution in [0.15, 0.2) is 48.7 Å². The van der Waals surface area contributed by atoms with E-state index in [0.717, 1.165) is 0 Å². The summed E-state index contributed by atoms with van der Waals surface area (Å²) in [7, 11) is 0. The zero-order valence-electron chi connectivity index (χ0n) is 10.1. The van der Waals surface area contributed by atoms with Gasteiger partial charge in [0, 0.05) is 12.7 Å². The second-order valence-corrected chi connectivity index (χ2v) is 3.62. The average molecular weight is 242 g/mol. The van der Waals surface area contributed by atoms with Gasteiger partial charge in [-0.05, 0) is 31.2 Å². The number of carbonyl (C=O) groups excluding carboxylic acids is 1. The van der Waals surface area contributed by atoms with Gasteiger partial charge >= 0.3 is 0 Å². The van der Waals surface area contributed by atoms with Crippen LogP contribution in [0, 0.1) is 0 Å². The summed E-state index contributed by atoms with van der Waals surface area (Å²) in [6.07, 6.45) is 1.57. The van der Waals surface area contributed by atoms with Gasteiger partial charge in [-0.25, -0.2) is 4.98 Å². The number of aromatic nitrogens is 1. The van der Waals surface area contributed by atoms with Crippen LogP contribution in [0.3, 0.4) is 0 Å². The van der Waals surface area contributed by atoms with Gasteiger partial charge in [0.05, 0.1) is 0 Å². The van der Waals surface area contributed by atoms with Crippen LogP contribution in [-0.4, -0.2) is 17.4 Å². The first kappa shape index (κ1) is 12.1. The molecule has 0 fully saturated rings. The average Bonchev–Trinajstić information content (AvgIpc) is 2.41. The van der Waals surface area contributed by atoms with Gasteiger partial charge in [0.15, 0.2) is 11.4 Å². The number of benzene rings is 1. The minimum atomic E-state index is -0.232. The molecule has 0 spiro atoms. The Morgan fingerprint density at radius 2 is 2.00 bits per heavy atom. The Labute approximate surface area is 106 Å². The third-order valence-electron chi connectivity index (χ3n) is 2.29. The zero-order valence-corrected chi connectivity index (χ0v) is 10.1. The van der Waals surface area contributed by atoms with Crippen molar-refractivity contribution in [3.63, 3.8) is 0 Å². The zero-order chi connectivity index (χ0) is 12.8. The normalized spacial score (nSPS) is 9.83. The maximum absolute atomic E-state index is 11.8. The summed E-state index contributed by atoms with van der Waals surface area (Å²) in [6.45, 7) is 2.42. The molecule has 0 saturated heterocycles. The van der Waals surface area contributed by atoms with Crippen molar-refractivity contribution in [1.29, 1.82) is 0 Å². The molecule has 0 aliphatic carbocycles. The summed E-state index contributed by atoms with van der Waals surface area (Å²) < 4.78 is 5.65. The molecule has 0 atom stereocenters. The number of rotatable bonds is 4. The molecule has 0 bridgehead atoms. The topological polar surface area (TPSA) is 51.2 Å². The van der Waals surface area contributed by atoms with Crippen molar-refractivity contribution in [1.82, 2.24) is 10.3 Å². The lowest BCUT2D eigenvalue weighted by Crippen LogP contribution is -2.24. The minimum Gasteiger partial charge on any atom is -0.455 e. The van der Waals surface area contributed by atoms with E-state index >= 15 is 0 Å². The first-order chi connectivity index (χ1) is 8.81. The van der Waals surface area contributed by atoms with E-state index in [4.69, 9.17) is 4.74 Å². The van der Waals surface area contributed by atoms with Gasteiger partial charge in [0.2, 0.25) is 0 Å². The largest absolute Gasteiger partial charge is 0.455 e. The van der Waals surface area contributed by atoms with Gasteiger partial charge < -0.3 is 10.1 Å². The van der Waals surface area contributed by atoms with Crippen molar-refractivity contribution in [2.45, 2.75) is 6.92 Å². The Morgan fingerprint density at radius 1 is 1.22 bits per heavy atom. The van der Waals surface area contributed by atoms with Crippen molar-refractivity contribution in [3.05, 3.63) is 54.4 Å². The molecule has 92 valence electrons. The smallest absolute Gasteiger partial charge is 0.273 e. The van der Waals surface area contributed by atoms with Gasteiger partial charge in [0.25, 0.3) is 5.91 Å². The molecular formula is C14H14N2O2. The van der Waals surface area contributed by atoms with E-state index in [9.17, 15) is 4.79 Å². The summed E-state index contributed by atoms with van der Waals surface area (Å²) in [5, 5.41) is 2.71. The number of nitrogens with one attached hydrogen (secondary N) is 1. The third kappa shape index (κ3) is 2.85. The van der Waals surface area contributed by atoms with Crippen molar-refractivity contribution >= 4 is 5.91 Å². The first-order valence-electron chi connectivity index (χ1n) is 5.77. The van der Waals surface area contributed by atoms with Crippen LogP contribution in [0.25, 0.3) is 0 Å². The highest BCUT2D eigenvalue weighted by Gasteiger charge is 2.13. The lowest BCUT2D eigenvalue weighted by atomic mass is 10.3. The number of hydrogen-bond acceptors (Lipinski definition) is 3. The second kappa shape index (κ2) is 5.82.